The molecule has 2 aromatic carbocycles. The summed E-state index contributed by atoms with van der Waals surface area (Å²) in [6.07, 6.45) is 0.959. The molecule has 186 valence electrons. The number of nitrogens with zero attached hydrogens (tertiary/aromatic N) is 2. The van der Waals surface area contributed by atoms with Gasteiger partial charge < -0.3 is 10.2 Å². The second-order valence-electron chi connectivity index (χ2n) is 7.96. The minimum atomic E-state index is -3.92. The molecule has 0 aliphatic heterocycles. The lowest BCUT2D eigenvalue weighted by Gasteiger charge is -2.32. The van der Waals surface area contributed by atoms with Crippen LogP contribution in [-0.2, 0) is 26.2 Å². The van der Waals surface area contributed by atoms with E-state index in [1.165, 1.54) is 29.2 Å². The number of anilines is 1. The van der Waals surface area contributed by atoms with Crippen molar-refractivity contribution in [3.05, 3.63) is 62.1 Å². The minimum Gasteiger partial charge on any atom is -0.352 e. The largest absolute Gasteiger partial charge is 0.352 e. The highest BCUT2D eigenvalue weighted by Crippen LogP contribution is 2.31. The maximum absolute atomic E-state index is 13.5. The van der Waals surface area contributed by atoms with Crippen molar-refractivity contribution < 1.29 is 18.0 Å². The van der Waals surface area contributed by atoms with Crippen molar-refractivity contribution in [2.24, 2.45) is 0 Å². The van der Waals surface area contributed by atoms with Gasteiger partial charge in [-0.15, -0.1) is 0 Å². The predicted octanol–water partition coefficient (Wildman–Crippen LogP) is 5.01. The van der Waals surface area contributed by atoms with Crippen LogP contribution in [0.15, 0.2) is 36.4 Å². The van der Waals surface area contributed by atoms with Crippen LogP contribution >= 0.6 is 46.4 Å². The first-order chi connectivity index (χ1) is 15.7. The van der Waals surface area contributed by atoms with Crippen LogP contribution in [0.25, 0.3) is 0 Å². The summed E-state index contributed by atoms with van der Waals surface area (Å²) < 4.78 is 26.0. The molecule has 2 amide bonds. The molecule has 0 aromatic heterocycles. The number of rotatable bonds is 9. The second kappa shape index (κ2) is 11.8. The van der Waals surface area contributed by atoms with E-state index in [0.29, 0.717) is 20.6 Å². The van der Waals surface area contributed by atoms with Crippen LogP contribution in [0.2, 0.25) is 20.1 Å². The van der Waals surface area contributed by atoms with Gasteiger partial charge in [0.1, 0.15) is 12.6 Å². The fourth-order valence-electron chi connectivity index (χ4n) is 3.10. The van der Waals surface area contributed by atoms with E-state index in [4.69, 9.17) is 46.4 Å². The quantitative estimate of drug-likeness (QED) is 0.461. The standard InChI is InChI=1S/C22H25Cl4N3O4S/c1-13(2)27-22(31)14(3)28(11-15-5-6-16(23)9-18(15)25)21(30)12-29(34(4,32)33)20-8-7-17(24)10-19(20)26/h5-10,13-14H,11-12H2,1-4H3,(H,27,31). The van der Waals surface area contributed by atoms with Gasteiger partial charge in [-0.25, -0.2) is 8.42 Å². The molecule has 0 saturated carbocycles. The normalized spacial score (nSPS) is 12.4. The van der Waals surface area contributed by atoms with Gasteiger partial charge in [0, 0.05) is 27.7 Å². The molecule has 1 atom stereocenters. The lowest BCUT2D eigenvalue weighted by atomic mass is 10.1. The summed E-state index contributed by atoms with van der Waals surface area (Å²) in [7, 11) is -3.92. The number of nitrogens with one attached hydrogen (secondary N) is 1. The molecule has 0 spiro atoms. The zero-order valence-electron chi connectivity index (χ0n) is 19.0. The molecule has 0 fully saturated rings. The molecule has 0 bridgehead atoms. The first-order valence-electron chi connectivity index (χ1n) is 10.2. The Kier molecular flexibility index (Phi) is 9.91. The van der Waals surface area contributed by atoms with Crippen molar-refractivity contribution in [3.8, 4) is 0 Å². The molecule has 2 rings (SSSR count). The Hall–Kier alpha value is -1.71. The highest BCUT2D eigenvalue weighted by molar-refractivity contribution is 7.92. The topological polar surface area (TPSA) is 86.8 Å². The first kappa shape index (κ1) is 28.5. The van der Waals surface area contributed by atoms with Gasteiger partial charge in [0.25, 0.3) is 0 Å². The van der Waals surface area contributed by atoms with Crippen LogP contribution in [-0.4, -0.2) is 50.0 Å². The zero-order chi connectivity index (χ0) is 25.8. The summed E-state index contributed by atoms with van der Waals surface area (Å²) in [5.41, 5.74) is 0.629. The van der Waals surface area contributed by atoms with Gasteiger partial charge in [-0.1, -0.05) is 52.5 Å². The average Bonchev–Trinajstić information content (AvgIpc) is 2.70. The van der Waals surface area contributed by atoms with E-state index in [-0.39, 0.29) is 23.3 Å². The number of benzene rings is 2. The summed E-state index contributed by atoms with van der Waals surface area (Å²) in [5.74, 6) is -1.03. The number of hydrogen-bond acceptors (Lipinski definition) is 4. The molecule has 1 N–H and O–H groups in total. The Labute approximate surface area is 220 Å². The van der Waals surface area contributed by atoms with Crippen molar-refractivity contribution in [1.82, 2.24) is 10.2 Å². The van der Waals surface area contributed by atoms with E-state index in [2.05, 4.69) is 5.32 Å². The maximum Gasteiger partial charge on any atom is 0.244 e. The molecule has 0 heterocycles. The molecule has 2 aromatic rings. The van der Waals surface area contributed by atoms with E-state index in [9.17, 15) is 18.0 Å². The van der Waals surface area contributed by atoms with Crippen LogP contribution in [0, 0.1) is 0 Å². The summed E-state index contributed by atoms with van der Waals surface area (Å²) >= 11 is 24.4. The van der Waals surface area contributed by atoms with E-state index in [1.54, 1.807) is 32.9 Å². The fourth-order valence-corrected chi connectivity index (χ4v) is 4.99. The third kappa shape index (κ3) is 7.65. The lowest BCUT2D eigenvalue weighted by Crippen LogP contribution is -2.52. The fraction of sp³-hybridized carbons (Fsp3) is 0.364. The summed E-state index contributed by atoms with van der Waals surface area (Å²) in [4.78, 5) is 27.5. The van der Waals surface area contributed by atoms with E-state index in [1.807, 2.05) is 0 Å². The number of amides is 2. The number of carbonyl (C=O) groups excluding carboxylic acids is 2. The molecule has 0 aliphatic carbocycles. The molecular formula is C22H25Cl4N3O4S. The first-order valence-corrected chi connectivity index (χ1v) is 13.5. The summed E-state index contributed by atoms with van der Waals surface area (Å²) in [6, 6.07) is 7.95. The van der Waals surface area contributed by atoms with Crippen LogP contribution in [0.3, 0.4) is 0 Å². The SMILES string of the molecule is CC(C)NC(=O)C(C)N(Cc1ccc(Cl)cc1Cl)C(=O)CN(c1ccc(Cl)cc1Cl)S(C)(=O)=O. The summed E-state index contributed by atoms with van der Waals surface area (Å²) in [6.45, 7) is 4.50. The van der Waals surface area contributed by atoms with Crippen molar-refractivity contribution in [2.75, 3.05) is 17.1 Å². The summed E-state index contributed by atoms with van der Waals surface area (Å²) in [5, 5.41) is 3.86. The molecule has 7 nitrogen and oxygen atoms in total. The van der Waals surface area contributed by atoms with Gasteiger partial charge in [-0.05, 0) is 56.7 Å². The van der Waals surface area contributed by atoms with Gasteiger partial charge in [0.15, 0.2) is 0 Å². The van der Waals surface area contributed by atoms with Crippen molar-refractivity contribution >= 4 is 73.9 Å². The zero-order valence-corrected chi connectivity index (χ0v) is 22.8. The Bertz CT molecular complexity index is 1170. The minimum absolute atomic E-state index is 0.0481. The number of sulfonamides is 1. The molecule has 12 heteroatoms. The third-order valence-electron chi connectivity index (χ3n) is 4.81. The molecule has 0 radical (unpaired) electrons. The second-order valence-corrected chi connectivity index (χ2v) is 11.6. The molecular weight excluding hydrogens is 544 g/mol. The number of halogens is 4. The van der Waals surface area contributed by atoms with Crippen LogP contribution in [0.1, 0.15) is 26.3 Å². The third-order valence-corrected chi connectivity index (χ3v) is 7.06. The lowest BCUT2D eigenvalue weighted by molar-refractivity contribution is -0.139. The van der Waals surface area contributed by atoms with E-state index >= 15 is 0 Å². The molecule has 0 aliphatic rings. The Morgan fingerprint density at radius 2 is 1.50 bits per heavy atom. The van der Waals surface area contributed by atoms with Gasteiger partial charge in [0.2, 0.25) is 21.8 Å². The van der Waals surface area contributed by atoms with Gasteiger partial charge in [-0.2, -0.15) is 0 Å². The van der Waals surface area contributed by atoms with Crippen LogP contribution in [0.5, 0.6) is 0 Å². The average molecular weight is 569 g/mol. The Balaban J connectivity index is 2.46. The van der Waals surface area contributed by atoms with Gasteiger partial charge in [-0.3, -0.25) is 13.9 Å². The maximum atomic E-state index is 13.5. The van der Waals surface area contributed by atoms with E-state index in [0.717, 1.165) is 10.6 Å². The van der Waals surface area contributed by atoms with Gasteiger partial charge in [0.05, 0.1) is 17.0 Å². The van der Waals surface area contributed by atoms with E-state index < -0.39 is 34.4 Å². The van der Waals surface area contributed by atoms with Crippen LogP contribution in [0.4, 0.5) is 5.69 Å². The van der Waals surface area contributed by atoms with Crippen molar-refractivity contribution in [1.29, 1.82) is 0 Å². The number of carbonyl (C=O) groups is 2. The van der Waals surface area contributed by atoms with Crippen molar-refractivity contribution in [3.63, 3.8) is 0 Å². The highest BCUT2D eigenvalue weighted by Gasteiger charge is 2.31. The monoisotopic (exact) mass is 567 g/mol. The Morgan fingerprint density at radius 3 is 2.00 bits per heavy atom. The number of hydrogen-bond donors (Lipinski definition) is 1. The van der Waals surface area contributed by atoms with Gasteiger partial charge >= 0.3 is 0 Å². The molecule has 1 unspecified atom stereocenters. The molecule has 0 saturated heterocycles. The predicted molar refractivity (Wildman–Crippen MR) is 138 cm³/mol. The highest BCUT2D eigenvalue weighted by atomic mass is 35.5. The van der Waals surface area contributed by atoms with Crippen molar-refractivity contribution in [2.45, 2.75) is 39.4 Å². The molecule has 34 heavy (non-hydrogen) atoms. The smallest absolute Gasteiger partial charge is 0.244 e. The van der Waals surface area contributed by atoms with Crippen LogP contribution < -0.4 is 9.62 Å². The Morgan fingerprint density at radius 1 is 0.941 bits per heavy atom.